The normalized spacial score (nSPS) is 11.9. The number of hydrogen-bond acceptors (Lipinski definition) is 4. The number of nitrogens with one attached hydrogen (secondary N) is 1. The van der Waals surface area contributed by atoms with E-state index < -0.39 is 5.97 Å². The predicted octanol–water partition coefficient (Wildman–Crippen LogP) is 1.54. The molecule has 0 radical (unpaired) electrons. The molecule has 1 atom stereocenters. The number of amides is 2. The van der Waals surface area contributed by atoms with Gasteiger partial charge in [-0.25, -0.2) is 9.78 Å². The van der Waals surface area contributed by atoms with Crippen LogP contribution in [-0.2, 0) is 11.3 Å². The lowest BCUT2D eigenvalue weighted by Crippen LogP contribution is -2.47. The van der Waals surface area contributed by atoms with Gasteiger partial charge in [0.2, 0.25) is 0 Å². The van der Waals surface area contributed by atoms with Crippen molar-refractivity contribution in [1.82, 2.24) is 15.2 Å². The van der Waals surface area contributed by atoms with Crippen LogP contribution in [-0.4, -0.2) is 39.6 Å². The summed E-state index contributed by atoms with van der Waals surface area (Å²) in [6.45, 7) is 3.76. The molecule has 2 N–H and O–H groups in total. The van der Waals surface area contributed by atoms with Crippen LogP contribution in [0.4, 0.5) is 4.79 Å². The van der Waals surface area contributed by atoms with Crippen LogP contribution in [0.5, 0.6) is 0 Å². The number of urea groups is 1. The molecule has 2 amide bonds. The van der Waals surface area contributed by atoms with E-state index >= 15 is 0 Å². The number of thiazole rings is 1. The Bertz CT molecular complexity index is 394. The molecule has 0 bridgehead atoms. The SMILES string of the molecule is CCC(C)N(CC(=O)O)C(=O)NCc1cscn1. The molecule has 1 aromatic heterocycles. The molecule has 0 spiro atoms. The van der Waals surface area contributed by atoms with Crippen LogP contribution in [0.3, 0.4) is 0 Å². The molecule has 0 fully saturated rings. The second kappa shape index (κ2) is 6.95. The van der Waals surface area contributed by atoms with Gasteiger partial charge < -0.3 is 15.3 Å². The predicted molar refractivity (Wildman–Crippen MR) is 68.4 cm³/mol. The summed E-state index contributed by atoms with van der Waals surface area (Å²) in [6, 6.07) is -0.490. The Morgan fingerprint density at radius 1 is 1.61 bits per heavy atom. The van der Waals surface area contributed by atoms with E-state index in [0.717, 1.165) is 5.69 Å². The maximum Gasteiger partial charge on any atom is 0.323 e. The molecule has 0 saturated heterocycles. The van der Waals surface area contributed by atoms with E-state index in [1.807, 2.05) is 19.2 Å². The van der Waals surface area contributed by atoms with E-state index in [0.29, 0.717) is 13.0 Å². The Hall–Kier alpha value is -1.63. The minimum absolute atomic E-state index is 0.114. The van der Waals surface area contributed by atoms with Gasteiger partial charge >= 0.3 is 12.0 Å². The van der Waals surface area contributed by atoms with E-state index in [1.54, 1.807) is 5.51 Å². The molecule has 1 heterocycles. The third kappa shape index (κ3) is 4.33. The molecule has 0 aromatic carbocycles. The maximum absolute atomic E-state index is 11.9. The lowest BCUT2D eigenvalue weighted by atomic mass is 10.2. The molecular formula is C11H17N3O3S. The largest absolute Gasteiger partial charge is 0.480 e. The van der Waals surface area contributed by atoms with Crippen LogP contribution in [0.15, 0.2) is 10.9 Å². The number of aromatic nitrogens is 1. The van der Waals surface area contributed by atoms with Crippen molar-refractivity contribution in [2.75, 3.05) is 6.54 Å². The summed E-state index contributed by atoms with van der Waals surface area (Å²) in [7, 11) is 0. The van der Waals surface area contributed by atoms with Gasteiger partial charge in [-0.15, -0.1) is 11.3 Å². The number of aliphatic carboxylic acids is 1. The van der Waals surface area contributed by atoms with Crippen molar-refractivity contribution in [3.63, 3.8) is 0 Å². The third-order valence-corrected chi connectivity index (χ3v) is 3.23. The quantitative estimate of drug-likeness (QED) is 0.822. The van der Waals surface area contributed by atoms with Gasteiger partial charge in [-0.3, -0.25) is 4.79 Å². The minimum Gasteiger partial charge on any atom is -0.480 e. The van der Waals surface area contributed by atoms with Crippen molar-refractivity contribution >= 4 is 23.3 Å². The fraction of sp³-hybridized carbons (Fsp3) is 0.545. The fourth-order valence-corrected chi connectivity index (χ4v) is 1.94. The van der Waals surface area contributed by atoms with Crippen molar-refractivity contribution < 1.29 is 14.7 Å². The summed E-state index contributed by atoms with van der Waals surface area (Å²) < 4.78 is 0. The monoisotopic (exact) mass is 271 g/mol. The van der Waals surface area contributed by atoms with Crippen LogP contribution >= 0.6 is 11.3 Å². The standard InChI is InChI=1S/C11H17N3O3S/c1-3-8(2)14(5-10(15)16)11(17)12-4-9-6-18-7-13-9/h6-8H,3-5H2,1-2H3,(H,12,17)(H,15,16). The molecule has 1 unspecified atom stereocenters. The summed E-state index contributed by atoms with van der Waals surface area (Å²) in [4.78, 5) is 28.0. The smallest absolute Gasteiger partial charge is 0.323 e. The zero-order valence-electron chi connectivity index (χ0n) is 10.4. The van der Waals surface area contributed by atoms with Crippen LogP contribution in [0.25, 0.3) is 0 Å². The Balaban J connectivity index is 2.55. The zero-order chi connectivity index (χ0) is 13.5. The highest BCUT2D eigenvalue weighted by Crippen LogP contribution is 2.05. The molecular weight excluding hydrogens is 254 g/mol. The van der Waals surface area contributed by atoms with Crippen molar-refractivity contribution in [3.8, 4) is 0 Å². The Morgan fingerprint density at radius 2 is 2.33 bits per heavy atom. The molecule has 7 heteroatoms. The highest BCUT2D eigenvalue weighted by atomic mass is 32.1. The number of hydrogen-bond donors (Lipinski definition) is 2. The van der Waals surface area contributed by atoms with E-state index in [9.17, 15) is 9.59 Å². The maximum atomic E-state index is 11.9. The first kappa shape index (κ1) is 14.4. The average molecular weight is 271 g/mol. The zero-order valence-corrected chi connectivity index (χ0v) is 11.2. The van der Waals surface area contributed by atoms with Crippen LogP contribution in [0, 0.1) is 0 Å². The number of carbonyl (C=O) groups excluding carboxylic acids is 1. The molecule has 0 saturated carbocycles. The van der Waals surface area contributed by atoms with Gasteiger partial charge in [0.15, 0.2) is 0 Å². The van der Waals surface area contributed by atoms with Gasteiger partial charge in [-0.2, -0.15) is 0 Å². The molecule has 1 aromatic rings. The van der Waals surface area contributed by atoms with Crippen molar-refractivity contribution in [2.45, 2.75) is 32.9 Å². The Morgan fingerprint density at radius 3 is 2.83 bits per heavy atom. The summed E-state index contributed by atoms with van der Waals surface area (Å²) in [5.74, 6) is -1.01. The van der Waals surface area contributed by atoms with Gasteiger partial charge in [-0.05, 0) is 13.3 Å². The van der Waals surface area contributed by atoms with Gasteiger partial charge in [0, 0.05) is 11.4 Å². The number of carboxylic acids is 1. The van der Waals surface area contributed by atoms with Crippen molar-refractivity contribution in [1.29, 1.82) is 0 Å². The molecule has 0 aliphatic rings. The Labute approximate surface area is 110 Å². The summed E-state index contributed by atoms with van der Waals surface area (Å²) >= 11 is 1.45. The van der Waals surface area contributed by atoms with Gasteiger partial charge in [0.05, 0.1) is 17.7 Å². The third-order valence-electron chi connectivity index (χ3n) is 2.59. The Kier molecular flexibility index (Phi) is 5.57. The molecule has 0 aliphatic heterocycles. The van der Waals surface area contributed by atoms with E-state index in [-0.39, 0.29) is 18.6 Å². The first-order chi connectivity index (χ1) is 8.54. The van der Waals surface area contributed by atoms with Gasteiger partial charge in [0.1, 0.15) is 6.54 Å². The van der Waals surface area contributed by atoms with Crippen LogP contribution in [0.2, 0.25) is 0 Å². The highest BCUT2D eigenvalue weighted by Gasteiger charge is 2.21. The second-order valence-corrected chi connectivity index (χ2v) is 4.64. The van der Waals surface area contributed by atoms with Crippen LogP contribution in [0.1, 0.15) is 26.0 Å². The first-order valence-corrected chi connectivity index (χ1v) is 6.62. The number of nitrogens with zero attached hydrogens (tertiary/aromatic N) is 2. The number of carbonyl (C=O) groups is 2. The molecule has 18 heavy (non-hydrogen) atoms. The molecule has 0 aliphatic carbocycles. The second-order valence-electron chi connectivity index (χ2n) is 3.92. The molecule has 100 valence electrons. The van der Waals surface area contributed by atoms with E-state index in [2.05, 4.69) is 10.3 Å². The minimum atomic E-state index is -1.01. The average Bonchev–Trinajstić information content (AvgIpc) is 2.85. The summed E-state index contributed by atoms with van der Waals surface area (Å²) in [5, 5.41) is 13.3. The van der Waals surface area contributed by atoms with E-state index in [1.165, 1.54) is 16.2 Å². The fourth-order valence-electron chi connectivity index (χ4n) is 1.39. The van der Waals surface area contributed by atoms with Crippen molar-refractivity contribution in [2.24, 2.45) is 0 Å². The highest BCUT2D eigenvalue weighted by molar-refractivity contribution is 7.07. The van der Waals surface area contributed by atoms with Gasteiger partial charge in [-0.1, -0.05) is 6.92 Å². The van der Waals surface area contributed by atoms with Gasteiger partial charge in [0.25, 0.3) is 0 Å². The summed E-state index contributed by atoms with van der Waals surface area (Å²) in [5.41, 5.74) is 2.46. The molecule has 6 nitrogen and oxygen atoms in total. The first-order valence-electron chi connectivity index (χ1n) is 5.68. The van der Waals surface area contributed by atoms with Crippen molar-refractivity contribution in [3.05, 3.63) is 16.6 Å². The topological polar surface area (TPSA) is 82.5 Å². The number of rotatable bonds is 6. The summed E-state index contributed by atoms with van der Waals surface area (Å²) in [6.07, 6.45) is 0.706. The lowest BCUT2D eigenvalue weighted by molar-refractivity contribution is -0.138. The lowest BCUT2D eigenvalue weighted by Gasteiger charge is -2.26. The van der Waals surface area contributed by atoms with E-state index in [4.69, 9.17) is 5.11 Å². The number of carboxylic acid groups (broad SMARTS) is 1. The van der Waals surface area contributed by atoms with Crippen LogP contribution < -0.4 is 5.32 Å². The molecule has 1 rings (SSSR count).